The highest BCUT2D eigenvalue weighted by molar-refractivity contribution is 5.36. The van der Waals surface area contributed by atoms with Crippen LogP contribution in [0.25, 0.3) is 0 Å². The van der Waals surface area contributed by atoms with Crippen LogP contribution in [0.2, 0.25) is 0 Å². The van der Waals surface area contributed by atoms with Gasteiger partial charge >= 0.3 is 0 Å². The van der Waals surface area contributed by atoms with E-state index in [0.717, 1.165) is 11.3 Å². The average molecular weight is 273 g/mol. The van der Waals surface area contributed by atoms with Gasteiger partial charge in [-0.15, -0.1) is 0 Å². The fourth-order valence-corrected chi connectivity index (χ4v) is 2.39. The molecule has 0 amide bonds. The molecule has 0 fully saturated rings. The summed E-state index contributed by atoms with van der Waals surface area (Å²) in [6.07, 6.45) is 3.58. The summed E-state index contributed by atoms with van der Waals surface area (Å²) in [7, 11) is 1.89. The Bertz CT molecular complexity index is 575. The molecule has 1 heterocycles. The molecule has 108 valence electrons. The molecule has 2 rings (SSSR count). The van der Waals surface area contributed by atoms with Crippen LogP contribution in [0.3, 0.4) is 0 Å². The minimum Gasteiger partial charge on any atom is -0.484 e. The van der Waals surface area contributed by atoms with E-state index in [9.17, 15) is 0 Å². The summed E-state index contributed by atoms with van der Waals surface area (Å²) in [5.41, 5.74) is 9.42. The number of nitrogens with two attached hydrogens (primary N) is 1. The average Bonchev–Trinajstić information content (AvgIpc) is 2.82. The Morgan fingerprint density at radius 3 is 2.60 bits per heavy atom. The van der Waals surface area contributed by atoms with Gasteiger partial charge in [-0.2, -0.15) is 5.10 Å². The Morgan fingerprint density at radius 1 is 1.35 bits per heavy atom. The highest BCUT2D eigenvalue weighted by Crippen LogP contribution is 2.26. The molecule has 0 bridgehead atoms. The van der Waals surface area contributed by atoms with Crippen molar-refractivity contribution in [3.05, 3.63) is 47.3 Å². The van der Waals surface area contributed by atoms with Crippen LogP contribution in [0.1, 0.15) is 42.6 Å². The van der Waals surface area contributed by atoms with E-state index in [4.69, 9.17) is 10.5 Å². The molecule has 1 aromatic heterocycles. The van der Waals surface area contributed by atoms with Crippen LogP contribution in [0.15, 0.2) is 30.6 Å². The molecule has 4 nitrogen and oxygen atoms in total. The van der Waals surface area contributed by atoms with Crippen molar-refractivity contribution in [1.29, 1.82) is 0 Å². The summed E-state index contributed by atoms with van der Waals surface area (Å²) in [5, 5.41) is 4.16. The van der Waals surface area contributed by atoms with Crippen molar-refractivity contribution in [3.63, 3.8) is 0 Å². The molecular weight excluding hydrogens is 250 g/mol. The normalized spacial score (nSPS) is 12.7. The second-order valence-electron chi connectivity index (χ2n) is 5.46. The Hall–Kier alpha value is -1.81. The molecule has 0 aliphatic rings. The zero-order valence-electron chi connectivity index (χ0n) is 12.6. The van der Waals surface area contributed by atoms with E-state index in [2.05, 4.69) is 38.0 Å². The lowest BCUT2D eigenvalue weighted by Crippen LogP contribution is -2.18. The van der Waals surface area contributed by atoms with Gasteiger partial charge in [-0.25, -0.2) is 0 Å². The molecule has 2 aromatic rings. The Labute approximate surface area is 120 Å². The Morgan fingerprint density at radius 2 is 2.10 bits per heavy atom. The van der Waals surface area contributed by atoms with E-state index in [-0.39, 0.29) is 6.10 Å². The van der Waals surface area contributed by atoms with Crippen molar-refractivity contribution < 1.29 is 4.74 Å². The predicted molar refractivity (Wildman–Crippen MR) is 80.9 cm³/mol. The maximum Gasteiger partial charge on any atom is 0.139 e. The summed E-state index contributed by atoms with van der Waals surface area (Å²) >= 11 is 0. The van der Waals surface area contributed by atoms with Crippen LogP contribution in [0.5, 0.6) is 5.75 Å². The SMILES string of the molecule is Cc1cc(OC(CN)c2cnn(C)c2)ccc1C(C)C. The van der Waals surface area contributed by atoms with Crippen LogP contribution < -0.4 is 10.5 Å². The molecule has 0 aliphatic carbocycles. The first-order chi connectivity index (χ1) is 9.51. The van der Waals surface area contributed by atoms with Gasteiger partial charge in [-0.05, 0) is 36.1 Å². The van der Waals surface area contributed by atoms with E-state index in [0.29, 0.717) is 12.5 Å². The standard InChI is InChI=1S/C16H23N3O/c1-11(2)15-6-5-14(7-12(15)3)20-16(8-17)13-9-18-19(4)10-13/h5-7,9-11,16H,8,17H2,1-4H3. The van der Waals surface area contributed by atoms with Gasteiger partial charge < -0.3 is 10.5 Å². The fraction of sp³-hybridized carbons (Fsp3) is 0.438. The van der Waals surface area contributed by atoms with Gasteiger partial charge in [-0.3, -0.25) is 4.68 Å². The zero-order valence-corrected chi connectivity index (χ0v) is 12.6. The summed E-state index contributed by atoms with van der Waals surface area (Å²) in [4.78, 5) is 0. The van der Waals surface area contributed by atoms with Crippen molar-refractivity contribution in [3.8, 4) is 5.75 Å². The number of nitrogens with zero attached hydrogens (tertiary/aromatic N) is 2. The van der Waals surface area contributed by atoms with E-state index >= 15 is 0 Å². The molecule has 1 unspecified atom stereocenters. The van der Waals surface area contributed by atoms with Crippen molar-refractivity contribution in [1.82, 2.24) is 9.78 Å². The van der Waals surface area contributed by atoms with Crippen LogP contribution in [-0.4, -0.2) is 16.3 Å². The number of ether oxygens (including phenoxy) is 1. The number of benzene rings is 1. The maximum atomic E-state index is 6.00. The third kappa shape index (κ3) is 3.20. The zero-order chi connectivity index (χ0) is 14.7. The summed E-state index contributed by atoms with van der Waals surface area (Å²) in [6.45, 7) is 6.93. The molecule has 0 radical (unpaired) electrons. The van der Waals surface area contributed by atoms with Gasteiger partial charge in [0.15, 0.2) is 0 Å². The molecule has 0 aliphatic heterocycles. The van der Waals surface area contributed by atoms with Crippen molar-refractivity contribution in [2.24, 2.45) is 12.8 Å². The minimum absolute atomic E-state index is 0.159. The second kappa shape index (κ2) is 6.09. The highest BCUT2D eigenvalue weighted by atomic mass is 16.5. The van der Waals surface area contributed by atoms with Gasteiger partial charge in [-0.1, -0.05) is 19.9 Å². The smallest absolute Gasteiger partial charge is 0.139 e. The molecule has 1 atom stereocenters. The van der Waals surface area contributed by atoms with Crippen LogP contribution >= 0.6 is 0 Å². The highest BCUT2D eigenvalue weighted by Gasteiger charge is 2.14. The van der Waals surface area contributed by atoms with Gasteiger partial charge in [0, 0.05) is 25.4 Å². The number of aromatic nitrogens is 2. The van der Waals surface area contributed by atoms with Gasteiger partial charge in [0.1, 0.15) is 11.9 Å². The van der Waals surface area contributed by atoms with Gasteiger partial charge in [0.25, 0.3) is 0 Å². The second-order valence-corrected chi connectivity index (χ2v) is 5.46. The number of rotatable bonds is 5. The first-order valence-corrected chi connectivity index (χ1v) is 6.97. The van der Waals surface area contributed by atoms with Gasteiger partial charge in [0.2, 0.25) is 0 Å². The number of hydrogen-bond acceptors (Lipinski definition) is 3. The number of aryl methyl sites for hydroxylation is 2. The van der Waals surface area contributed by atoms with E-state index in [1.807, 2.05) is 19.3 Å². The molecule has 2 N–H and O–H groups in total. The summed E-state index contributed by atoms with van der Waals surface area (Å²) in [6, 6.07) is 6.22. The van der Waals surface area contributed by atoms with Crippen LogP contribution in [-0.2, 0) is 7.05 Å². The molecular formula is C16H23N3O. The predicted octanol–water partition coefficient (Wildman–Crippen LogP) is 2.93. The third-order valence-electron chi connectivity index (χ3n) is 3.45. The van der Waals surface area contributed by atoms with Crippen molar-refractivity contribution in [2.75, 3.05) is 6.54 Å². The third-order valence-corrected chi connectivity index (χ3v) is 3.45. The number of hydrogen-bond donors (Lipinski definition) is 1. The van der Waals surface area contributed by atoms with E-state index in [1.165, 1.54) is 11.1 Å². The summed E-state index contributed by atoms with van der Waals surface area (Å²) in [5.74, 6) is 1.37. The molecule has 4 heteroatoms. The quantitative estimate of drug-likeness (QED) is 0.911. The molecule has 0 saturated heterocycles. The molecule has 0 saturated carbocycles. The first kappa shape index (κ1) is 14.6. The molecule has 20 heavy (non-hydrogen) atoms. The fourth-order valence-electron chi connectivity index (χ4n) is 2.39. The van der Waals surface area contributed by atoms with Gasteiger partial charge in [0.05, 0.1) is 6.20 Å². The summed E-state index contributed by atoms with van der Waals surface area (Å²) < 4.78 is 7.76. The Kier molecular flexibility index (Phi) is 4.45. The largest absolute Gasteiger partial charge is 0.484 e. The lowest BCUT2D eigenvalue weighted by molar-refractivity contribution is 0.214. The van der Waals surface area contributed by atoms with Crippen LogP contribution in [0.4, 0.5) is 0 Å². The molecule has 0 spiro atoms. The topological polar surface area (TPSA) is 53.1 Å². The van der Waals surface area contributed by atoms with Crippen LogP contribution in [0, 0.1) is 6.92 Å². The van der Waals surface area contributed by atoms with Crippen molar-refractivity contribution in [2.45, 2.75) is 32.8 Å². The minimum atomic E-state index is -0.159. The van der Waals surface area contributed by atoms with E-state index < -0.39 is 0 Å². The maximum absolute atomic E-state index is 6.00. The lowest BCUT2D eigenvalue weighted by atomic mass is 9.98. The van der Waals surface area contributed by atoms with E-state index in [1.54, 1.807) is 10.9 Å². The Balaban J connectivity index is 2.18. The molecule has 1 aromatic carbocycles. The van der Waals surface area contributed by atoms with Crippen molar-refractivity contribution >= 4 is 0 Å². The lowest BCUT2D eigenvalue weighted by Gasteiger charge is -2.18. The monoisotopic (exact) mass is 273 g/mol. The first-order valence-electron chi connectivity index (χ1n) is 6.97.